The Kier molecular flexibility index (Phi) is 39.0. The van der Waals surface area contributed by atoms with Gasteiger partial charge in [0.05, 0.1) is 152 Å². The maximum absolute atomic E-state index is 13.2. The van der Waals surface area contributed by atoms with Crippen molar-refractivity contribution in [1.29, 1.82) is 0 Å². The molecule has 0 unspecified atom stereocenters. The lowest BCUT2D eigenvalue weighted by Gasteiger charge is -2.20. The molecule has 0 bridgehead atoms. The van der Waals surface area contributed by atoms with E-state index >= 15 is 0 Å². The monoisotopic (exact) mass is 2370 g/mol. The summed E-state index contributed by atoms with van der Waals surface area (Å²) in [4.78, 5) is 217. The van der Waals surface area contributed by atoms with Gasteiger partial charge in [0.25, 0.3) is 88.6 Å². The second kappa shape index (κ2) is 49.2. The number of benzene rings is 11. The number of nitrogens with zero attached hydrogens (tertiary/aromatic N) is 8. The van der Waals surface area contributed by atoms with E-state index < -0.39 is 117 Å². The Morgan fingerprint density at radius 1 is 0.321 bits per heavy atom. The topological polar surface area (TPSA) is 356 Å². The van der Waals surface area contributed by atoms with E-state index in [2.05, 4.69) is 83.1 Å². The molecular weight excluding hydrogens is 2320 g/mol. The molecule has 0 saturated carbocycles. The number of hydrogen-bond acceptors (Lipinski definition) is 23. The Bertz CT molecular complexity index is 6300. The summed E-state index contributed by atoms with van der Waals surface area (Å²) in [6.07, 6.45) is 0. The van der Waals surface area contributed by atoms with Gasteiger partial charge in [-0.25, -0.2) is 22.6 Å². The minimum absolute atomic E-state index is 0.00963. The second-order valence-corrected chi connectivity index (χ2v) is 34.6. The lowest BCUT2D eigenvalue weighted by atomic mass is 10.1. The van der Waals surface area contributed by atoms with Gasteiger partial charge in [-0.1, -0.05) is 201 Å². The van der Waals surface area contributed by atoms with Crippen molar-refractivity contribution < 1.29 is 128 Å². The summed E-state index contributed by atoms with van der Waals surface area (Å²) >= 11 is 71.2. The largest absolute Gasteiger partial charge is 0.289 e. The fourth-order valence-electron chi connectivity index (χ4n) is 12.8. The fraction of sp³-hybridized carbons (Fsp3) is 0.110. The van der Waals surface area contributed by atoms with Crippen LogP contribution in [0.4, 0.5) is 17.6 Å². The Hall–Kier alpha value is -10.9. The van der Waals surface area contributed by atoms with Crippen LogP contribution in [-0.4, -0.2) is 178 Å². The number of halogens is 18. The average Bonchev–Trinajstić information content (AvgIpc) is 1.59. The van der Waals surface area contributed by atoms with Gasteiger partial charge in [0, 0.05) is 55.8 Å². The van der Waals surface area contributed by atoms with Crippen LogP contribution in [0.2, 0.25) is 50.2 Å². The van der Waals surface area contributed by atoms with Crippen LogP contribution >= 0.6 is 180 Å². The standard InChI is InChI=1S/C21H17NO3.C15H11Cl2NO3.C10H11NO2.C9H3Br4NO3.C9H3Cl4NO3.2C9H5Cl2NO3.C9H3F4NO3/c23-20(18-12-6-2-7-13-18)22(21(24)19-14-8-3-9-15-19)25-16-17-10-4-1-5-11-17;1-21-18(14(19)10-2-6-12(16)7-3-10)15(20)11-4-8-13(17)9-5-11;1-2-13-11-7-8-5-3-4-6-9(8)10(11)12;2*1-17-14-8(15)2-3(9(14)16)5(11)7(13)6(12)4(2)10;1-15-12-8(13)4-2-6(10)7(11)3-5(4)9(12)14;1-15-12-8(13)6-4(10)2-3-5(11)7(6)9(12)14;1-17-14-8(15)2-3(9(14)16)5(11)7(13)6(12)4(2)10/h1-15H,16H2;2-9H,1H3;3-6H,2,7H2,1H3;2*1H3;2*2-3H,1H3;1H3. The van der Waals surface area contributed by atoms with Gasteiger partial charge >= 0.3 is 0 Å². The van der Waals surface area contributed by atoms with Crippen LogP contribution in [0, 0.1) is 23.3 Å². The molecule has 11 aromatic carbocycles. The van der Waals surface area contributed by atoms with Crippen LogP contribution in [0.1, 0.15) is 173 Å². The average molecular weight is 2380 g/mol. The molecule has 0 N–H and O–H groups in total. The van der Waals surface area contributed by atoms with E-state index in [-0.39, 0.29) is 102 Å². The van der Waals surface area contributed by atoms with Gasteiger partial charge in [-0.05, 0) is 185 Å². The Labute approximate surface area is 872 Å². The molecule has 0 radical (unpaired) electrons. The number of imide groups is 7. The normalized spacial score (nSPS) is 13.2. The highest BCUT2D eigenvalue weighted by Gasteiger charge is 2.48. The molecule has 0 spiro atoms. The van der Waals surface area contributed by atoms with Gasteiger partial charge in [-0.2, -0.15) is 0 Å². The quantitative estimate of drug-likeness (QED) is 0.0302. The van der Waals surface area contributed by atoms with Gasteiger partial charge in [-0.3, -0.25) is 111 Å². The molecule has 0 atom stereocenters. The molecule has 15 amide bonds. The van der Waals surface area contributed by atoms with Crippen molar-refractivity contribution in [3.05, 3.63) is 374 Å². The van der Waals surface area contributed by atoms with E-state index in [9.17, 15) is 89.5 Å². The fourth-order valence-corrected chi connectivity index (χ4v) is 17.3. The molecule has 11 aromatic rings. The van der Waals surface area contributed by atoms with Gasteiger partial charge in [0.2, 0.25) is 0 Å². The van der Waals surface area contributed by atoms with E-state index in [0.29, 0.717) is 83.6 Å². The highest BCUT2D eigenvalue weighted by molar-refractivity contribution is 9.15. The first-order valence-electron chi connectivity index (χ1n) is 38.8. The smallest absolute Gasteiger partial charge is 0.271 e. The number of hydrogen-bond donors (Lipinski definition) is 0. The lowest BCUT2D eigenvalue weighted by Crippen LogP contribution is -2.37. The Morgan fingerprint density at radius 3 is 0.971 bits per heavy atom. The van der Waals surface area contributed by atoms with Gasteiger partial charge < -0.3 is 0 Å². The highest BCUT2D eigenvalue weighted by Crippen LogP contribution is 2.48. The summed E-state index contributed by atoms with van der Waals surface area (Å²) < 4.78 is 54.5. The van der Waals surface area contributed by atoms with E-state index in [1.807, 2.05) is 73.7 Å². The molecule has 140 heavy (non-hydrogen) atoms. The predicted octanol–water partition coefficient (Wildman–Crippen LogP) is 22.6. The predicted molar refractivity (Wildman–Crippen MR) is 513 cm³/mol. The third kappa shape index (κ3) is 23.5. The van der Waals surface area contributed by atoms with Crippen molar-refractivity contribution in [2.45, 2.75) is 20.1 Å². The van der Waals surface area contributed by atoms with Gasteiger partial charge in [-0.15, -0.1) is 35.4 Å². The molecule has 31 nitrogen and oxygen atoms in total. The molecule has 49 heteroatoms. The SMILES string of the molecule is CCON1Cc2ccccc2C1=O.CON(C(=O)c1ccc(Cl)cc1)C(=O)c1ccc(Cl)cc1.CON1C(=O)c2c(Br)c(Br)c(Br)c(Br)c2C1=O.CON1C(=O)c2c(Cl)c(Cl)c(Cl)c(Cl)c2C1=O.CON1C(=O)c2c(Cl)ccc(Cl)c2C1=O.CON1C(=O)c2c(F)c(F)c(F)c(F)c2C1=O.CON1C(=O)c2cc(Cl)c(Cl)cc2C1=O.O=C(c1ccccc1)N(OCc1ccccc1)C(=O)c1ccccc1. The van der Waals surface area contributed by atoms with Crippen molar-refractivity contribution in [2.75, 3.05) is 49.3 Å². The van der Waals surface area contributed by atoms with Crippen molar-refractivity contribution in [3.63, 3.8) is 0 Å². The van der Waals surface area contributed by atoms with Crippen molar-refractivity contribution in [2.24, 2.45) is 0 Å². The number of amides is 15. The first-order chi connectivity index (χ1) is 66.5. The molecule has 0 fully saturated rings. The van der Waals surface area contributed by atoms with E-state index in [1.165, 1.54) is 89.1 Å². The van der Waals surface area contributed by atoms with Crippen LogP contribution in [0.25, 0.3) is 0 Å². The molecule has 0 aliphatic carbocycles. The zero-order valence-corrected chi connectivity index (χ0v) is 85.7. The Morgan fingerprint density at radius 2 is 0.629 bits per heavy atom. The van der Waals surface area contributed by atoms with E-state index in [4.69, 9.17) is 135 Å². The number of rotatable bonds is 15. The minimum Gasteiger partial charge on any atom is -0.271 e. The van der Waals surface area contributed by atoms with Crippen molar-refractivity contribution in [3.8, 4) is 0 Å². The van der Waals surface area contributed by atoms with Crippen LogP contribution in [0.3, 0.4) is 0 Å². The number of carbonyl (C=O) groups excluding carboxylic acids is 15. The third-order valence-corrected chi connectivity index (χ3v) is 27.7. The molecule has 6 heterocycles. The maximum atomic E-state index is 13.2. The summed E-state index contributed by atoms with van der Waals surface area (Å²) in [5, 5.41) is 6.94. The molecule has 6 aliphatic heterocycles. The van der Waals surface area contributed by atoms with Crippen molar-refractivity contribution in [1.82, 2.24) is 40.5 Å². The number of hydroxylamine groups is 16. The van der Waals surface area contributed by atoms with Gasteiger partial charge in [0.1, 0.15) is 6.61 Å². The maximum Gasteiger partial charge on any atom is 0.289 e. The molecule has 6 aliphatic rings. The van der Waals surface area contributed by atoms with Crippen LogP contribution in [0.15, 0.2) is 206 Å². The molecule has 0 aromatic heterocycles. The van der Waals surface area contributed by atoms with Crippen LogP contribution < -0.4 is 0 Å². The zero-order chi connectivity index (χ0) is 103. The number of fused-ring (bicyclic) bond motifs is 6. The molecule has 726 valence electrons. The molecular formula is C91H58Br4Cl10F4N8O23. The summed E-state index contributed by atoms with van der Waals surface area (Å²) in [5.41, 5.74) is 2.65. The van der Waals surface area contributed by atoms with E-state index in [0.717, 1.165) is 33.9 Å². The zero-order valence-electron chi connectivity index (χ0n) is 71.8. The highest BCUT2D eigenvalue weighted by atomic mass is 79.9. The molecule has 0 saturated heterocycles. The van der Waals surface area contributed by atoms with Gasteiger partial charge in [0.15, 0.2) is 23.3 Å². The lowest BCUT2D eigenvalue weighted by molar-refractivity contribution is -0.119. The molecule has 17 rings (SSSR count). The summed E-state index contributed by atoms with van der Waals surface area (Å²) in [7, 11) is 7.06. The second-order valence-electron chi connectivity index (χ2n) is 27.5. The summed E-state index contributed by atoms with van der Waals surface area (Å²) in [6, 6.07) is 52.2. The van der Waals surface area contributed by atoms with Crippen molar-refractivity contribution >= 4 is 268 Å². The summed E-state index contributed by atoms with van der Waals surface area (Å²) in [5.74, 6) is -17.8. The Balaban J connectivity index is 0.000000166. The first-order valence-corrected chi connectivity index (χ1v) is 45.8. The third-order valence-electron chi connectivity index (χ3n) is 19.3. The summed E-state index contributed by atoms with van der Waals surface area (Å²) in [6.45, 7) is 3.09. The van der Waals surface area contributed by atoms with Crippen LogP contribution in [0.5, 0.6) is 0 Å². The van der Waals surface area contributed by atoms with E-state index in [1.54, 1.807) is 72.8 Å². The number of carbonyl (C=O) groups is 15. The first kappa shape index (κ1) is 111. The minimum atomic E-state index is -2.15. The van der Waals surface area contributed by atoms with Crippen LogP contribution in [-0.2, 0) is 51.9 Å².